The third-order valence-corrected chi connectivity index (χ3v) is 11.4. The average molecular weight is 824 g/mol. The molecule has 57 heavy (non-hydrogen) atoms. The van der Waals surface area contributed by atoms with Gasteiger partial charge in [0.15, 0.2) is 0 Å². The average Bonchev–Trinajstić information content (AvgIpc) is 3.21. The van der Waals surface area contributed by atoms with Crippen LogP contribution < -0.4 is 0 Å². The molecular weight excluding hydrogens is 735 g/mol. The van der Waals surface area contributed by atoms with Crippen molar-refractivity contribution < 1.29 is 16.5 Å². The predicted octanol–water partition coefficient (Wildman–Crippen LogP) is 18.2. The van der Waals surface area contributed by atoms with Crippen LogP contribution in [0.25, 0.3) is 0 Å². The summed E-state index contributed by atoms with van der Waals surface area (Å²) in [5, 5.41) is 0. The van der Waals surface area contributed by atoms with Crippen molar-refractivity contribution in [2.75, 3.05) is 0 Å². The fourth-order valence-electron chi connectivity index (χ4n) is 7.74. The van der Waals surface area contributed by atoms with Crippen LogP contribution in [0.5, 0.6) is 0 Å². The van der Waals surface area contributed by atoms with Crippen molar-refractivity contribution in [3.8, 4) is 11.8 Å². The van der Waals surface area contributed by atoms with E-state index in [1.165, 1.54) is 204 Å². The topological polar surface area (TPSA) is 24.7 Å². The van der Waals surface area contributed by atoms with Crippen molar-refractivity contribution in [3.05, 3.63) is 59.2 Å². The fraction of sp³-hybridized carbons (Fsp3) is 0.704. The van der Waals surface area contributed by atoms with Gasteiger partial charge in [0, 0.05) is 34.7 Å². The molecule has 0 atom stereocenters. The first-order valence-electron chi connectivity index (χ1n) is 24.5. The molecule has 2 nitrogen and oxygen atoms in total. The summed E-state index contributed by atoms with van der Waals surface area (Å²) in [6.07, 6.45) is 47.6. The SMILES string of the molecule is CCCCCCCCCCCCCCCCCCCCCCCCCC#Cc1cccc(/N=C(/C=N\c2ccc(CCCC)c(CCCC)c2)CCCCC)c1.[Ni]. The standard InChI is InChI=1S/C54H88N2.Ni/c1-5-9-13-14-15-16-17-18-19-20-21-22-23-24-25-26-27-28-29-30-31-32-33-34-36-38-49-39-37-43-53(46-49)56-54(42-35-10-6-2)48-55-52-45-44-50(40-11-7-3)51(47-52)41-12-8-4;/h37,39,43-48H,5-35,40-42H2,1-4H3;/b55-48-,56-54+;. The van der Waals surface area contributed by atoms with Crippen LogP contribution in [0, 0.1) is 11.8 Å². The van der Waals surface area contributed by atoms with Crippen LogP contribution in [0.2, 0.25) is 0 Å². The first kappa shape index (κ1) is 52.9. The first-order valence-corrected chi connectivity index (χ1v) is 24.5. The molecule has 2 aromatic carbocycles. The number of hydrogen-bond donors (Lipinski definition) is 0. The Morgan fingerprint density at radius 2 is 0.947 bits per heavy atom. The van der Waals surface area contributed by atoms with E-state index in [-0.39, 0.29) is 16.5 Å². The molecule has 0 saturated heterocycles. The Morgan fingerprint density at radius 1 is 0.474 bits per heavy atom. The van der Waals surface area contributed by atoms with Crippen LogP contribution >= 0.6 is 0 Å². The molecule has 0 unspecified atom stereocenters. The molecule has 324 valence electrons. The second kappa shape index (κ2) is 39.3. The van der Waals surface area contributed by atoms with Crippen LogP contribution in [0.15, 0.2) is 52.4 Å². The van der Waals surface area contributed by atoms with Gasteiger partial charge in [-0.1, -0.05) is 219 Å². The van der Waals surface area contributed by atoms with Gasteiger partial charge in [-0.25, -0.2) is 0 Å². The Kier molecular flexibility index (Phi) is 36.4. The second-order valence-corrected chi connectivity index (χ2v) is 16.9. The predicted molar refractivity (Wildman–Crippen MR) is 253 cm³/mol. The number of aryl methyl sites for hydroxylation is 2. The van der Waals surface area contributed by atoms with Crippen LogP contribution in [0.3, 0.4) is 0 Å². The van der Waals surface area contributed by atoms with Gasteiger partial charge in [-0.2, -0.15) is 0 Å². The normalized spacial score (nSPS) is 11.5. The summed E-state index contributed by atoms with van der Waals surface area (Å²) < 4.78 is 0. The Morgan fingerprint density at radius 3 is 1.47 bits per heavy atom. The van der Waals surface area contributed by atoms with E-state index in [0.717, 1.165) is 48.3 Å². The van der Waals surface area contributed by atoms with E-state index in [9.17, 15) is 0 Å². The van der Waals surface area contributed by atoms with Crippen LogP contribution in [0.4, 0.5) is 11.4 Å². The van der Waals surface area contributed by atoms with Gasteiger partial charge in [0.25, 0.3) is 0 Å². The molecule has 0 heterocycles. The van der Waals surface area contributed by atoms with Gasteiger partial charge in [-0.05, 0) is 86.4 Å². The van der Waals surface area contributed by atoms with Gasteiger partial charge in [0.2, 0.25) is 0 Å². The first-order chi connectivity index (χ1) is 27.7. The third-order valence-electron chi connectivity index (χ3n) is 11.4. The molecule has 2 aromatic rings. The number of hydrogen-bond acceptors (Lipinski definition) is 2. The summed E-state index contributed by atoms with van der Waals surface area (Å²) in [6.45, 7) is 9.11. The Balaban J connectivity index is 0.0000162. The summed E-state index contributed by atoms with van der Waals surface area (Å²) in [5.41, 5.74) is 7.12. The van der Waals surface area contributed by atoms with E-state index in [0.29, 0.717) is 0 Å². The zero-order valence-electron chi connectivity index (χ0n) is 37.9. The molecule has 2 rings (SSSR count). The van der Waals surface area contributed by atoms with Gasteiger partial charge >= 0.3 is 0 Å². The zero-order chi connectivity index (χ0) is 40.0. The van der Waals surface area contributed by atoms with Gasteiger partial charge in [-0.15, -0.1) is 0 Å². The minimum atomic E-state index is 0. The molecule has 0 amide bonds. The molecule has 0 bridgehead atoms. The maximum absolute atomic E-state index is 5.08. The molecule has 0 radical (unpaired) electrons. The van der Waals surface area contributed by atoms with E-state index in [2.05, 4.69) is 82.0 Å². The Labute approximate surface area is 365 Å². The van der Waals surface area contributed by atoms with Crippen molar-refractivity contribution in [1.29, 1.82) is 0 Å². The van der Waals surface area contributed by atoms with Crippen LogP contribution in [0.1, 0.15) is 250 Å². The molecule has 0 spiro atoms. The number of aliphatic imine (C=N–C) groups is 2. The molecule has 0 aromatic heterocycles. The Hall–Kier alpha value is -2.17. The summed E-state index contributed by atoms with van der Waals surface area (Å²) in [5.74, 6) is 6.87. The van der Waals surface area contributed by atoms with Crippen molar-refractivity contribution >= 4 is 23.3 Å². The molecule has 0 aliphatic rings. The monoisotopic (exact) mass is 823 g/mol. The van der Waals surface area contributed by atoms with Gasteiger partial charge in [0.05, 0.1) is 17.1 Å². The van der Waals surface area contributed by atoms with E-state index in [4.69, 9.17) is 9.98 Å². The molecular formula is C54H88N2Ni. The summed E-state index contributed by atoms with van der Waals surface area (Å²) in [6, 6.07) is 15.3. The van der Waals surface area contributed by atoms with E-state index in [1.54, 1.807) is 0 Å². The summed E-state index contributed by atoms with van der Waals surface area (Å²) in [7, 11) is 0. The van der Waals surface area contributed by atoms with Gasteiger partial charge in [-0.3, -0.25) is 9.98 Å². The molecule has 0 fully saturated rings. The van der Waals surface area contributed by atoms with Crippen LogP contribution in [-0.4, -0.2) is 11.9 Å². The van der Waals surface area contributed by atoms with Gasteiger partial charge < -0.3 is 0 Å². The molecule has 0 aliphatic heterocycles. The largest absolute Gasteiger partial charge is 0.255 e. The molecule has 3 heteroatoms. The van der Waals surface area contributed by atoms with Crippen molar-refractivity contribution in [2.24, 2.45) is 9.98 Å². The third kappa shape index (κ3) is 29.7. The quantitative estimate of drug-likeness (QED) is 0.0283. The maximum atomic E-state index is 5.08. The minimum Gasteiger partial charge on any atom is -0.255 e. The molecule has 0 saturated carbocycles. The van der Waals surface area contributed by atoms with Crippen LogP contribution in [-0.2, 0) is 29.3 Å². The summed E-state index contributed by atoms with van der Waals surface area (Å²) in [4.78, 5) is 10.0. The minimum absolute atomic E-state index is 0. The van der Waals surface area contributed by atoms with E-state index >= 15 is 0 Å². The maximum Gasteiger partial charge on any atom is 0.0646 e. The number of benzene rings is 2. The van der Waals surface area contributed by atoms with Gasteiger partial charge in [0.1, 0.15) is 0 Å². The smallest absolute Gasteiger partial charge is 0.0646 e. The second-order valence-electron chi connectivity index (χ2n) is 16.9. The number of rotatable bonds is 36. The number of nitrogens with zero attached hydrogens (tertiary/aromatic N) is 2. The van der Waals surface area contributed by atoms with Crippen molar-refractivity contribution in [2.45, 2.75) is 246 Å². The zero-order valence-corrected chi connectivity index (χ0v) is 38.9. The molecule has 0 aliphatic carbocycles. The summed E-state index contributed by atoms with van der Waals surface area (Å²) >= 11 is 0. The number of unbranched alkanes of at least 4 members (excludes halogenated alkanes) is 27. The Bertz CT molecular complexity index is 1330. The van der Waals surface area contributed by atoms with E-state index < -0.39 is 0 Å². The van der Waals surface area contributed by atoms with Crippen molar-refractivity contribution in [1.82, 2.24) is 0 Å². The molecule has 0 N–H and O–H groups in total. The van der Waals surface area contributed by atoms with E-state index in [1.807, 2.05) is 6.21 Å². The van der Waals surface area contributed by atoms with Crippen molar-refractivity contribution in [3.63, 3.8) is 0 Å². The fourth-order valence-corrected chi connectivity index (χ4v) is 7.74.